The number of nitrogens with zero attached hydrogens (tertiary/aromatic N) is 1. The Balaban J connectivity index is 2.34. The molecule has 1 aromatic carbocycles. The summed E-state index contributed by atoms with van der Waals surface area (Å²) < 4.78 is 26.8. The summed E-state index contributed by atoms with van der Waals surface area (Å²) in [6.07, 6.45) is 0. The summed E-state index contributed by atoms with van der Waals surface area (Å²) in [7, 11) is -3.66. The van der Waals surface area contributed by atoms with E-state index in [0.29, 0.717) is 15.6 Å². The Labute approximate surface area is 120 Å². The van der Waals surface area contributed by atoms with Gasteiger partial charge in [-0.15, -0.1) is 11.3 Å². The topological polar surface area (TPSA) is 70.0 Å². The van der Waals surface area contributed by atoms with Gasteiger partial charge in [-0.1, -0.05) is 11.6 Å². The molecule has 0 fully saturated rings. The number of hydrogen-bond acceptors (Lipinski definition) is 4. The molecule has 1 N–H and O–H groups in total. The van der Waals surface area contributed by atoms with E-state index >= 15 is 0 Å². The highest BCUT2D eigenvalue weighted by molar-refractivity contribution is 7.94. The number of rotatable bonds is 3. The van der Waals surface area contributed by atoms with E-state index in [2.05, 4.69) is 4.72 Å². The average Bonchev–Trinajstić information content (AvgIpc) is 2.82. The molecule has 0 bridgehead atoms. The maximum absolute atomic E-state index is 12.1. The SMILES string of the molecule is Cc1cc(Cl)ccc1NS(=O)(=O)c1ccc(C#N)s1. The van der Waals surface area contributed by atoms with Gasteiger partial charge in [0.05, 0.1) is 5.69 Å². The van der Waals surface area contributed by atoms with E-state index in [1.54, 1.807) is 25.1 Å². The van der Waals surface area contributed by atoms with Crippen molar-refractivity contribution in [2.45, 2.75) is 11.1 Å². The Hall–Kier alpha value is -1.55. The minimum Gasteiger partial charge on any atom is -0.279 e. The van der Waals surface area contributed by atoms with Gasteiger partial charge < -0.3 is 0 Å². The highest BCUT2D eigenvalue weighted by atomic mass is 35.5. The van der Waals surface area contributed by atoms with Gasteiger partial charge in [-0.3, -0.25) is 4.72 Å². The number of thiophene rings is 1. The van der Waals surface area contributed by atoms with E-state index in [1.807, 2.05) is 6.07 Å². The number of sulfonamides is 1. The summed E-state index contributed by atoms with van der Waals surface area (Å²) >= 11 is 6.75. The molecule has 4 nitrogen and oxygen atoms in total. The molecule has 0 amide bonds. The van der Waals surface area contributed by atoms with Crippen molar-refractivity contribution in [3.63, 3.8) is 0 Å². The summed E-state index contributed by atoms with van der Waals surface area (Å²) in [6.45, 7) is 1.76. The lowest BCUT2D eigenvalue weighted by Gasteiger charge is -2.09. The lowest BCUT2D eigenvalue weighted by Crippen LogP contribution is -2.12. The number of halogens is 1. The van der Waals surface area contributed by atoms with Crippen LogP contribution in [0.2, 0.25) is 5.02 Å². The van der Waals surface area contributed by atoms with Crippen LogP contribution < -0.4 is 4.72 Å². The number of nitrogens with one attached hydrogen (secondary N) is 1. The van der Waals surface area contributed by atoms with Crippen LogP contribution in [-0.2, 0) is 10.0 Å². The van der Waals surface area contributed by atoms with Crippen LogP contribution in [0.15, 0.2) is 34.5 Å². The van der Waals surface area contributed by atoms with E-state index in [9.17, 15) is 8.42 Å². The molecule has 1 heterocycles. The highest BCUT2D eigenvalue weighted by Gasteiger charge is 2.17. The van der Waals surface area contributed by atoms with Crippen LogP contribution in [-0.4, -0.2) is 8.42 Å². The highest BCUT2D eigenvalue weighted by Crippen LogP contribution is 2.26. The maximum Gasteiger partial charge on any atom is 0.271 e. The van der Waals surface area contributed by atoms with Gasteiger partial charge in [0.15, 0.2) is 0 Å². The van der Waals surface area contributed by atoms with Crippen LogP contribution >= 0.6 is 22.9 Å². The van der Waals surface area contributed by atoms with E-state index in [1.165, 1.54) is 12.1 Å². The molecule has 19 heavy (non-hydrogen) atoms. The molecule has 0 aliphatic rings. The number of hydrogen-bond donors (Lipinski definition) is 1. The minimum atomic E-state index is -3.66. The fourth-order valence-corrected chi connectivity index (χ4v) is 3.92. The third kappa shape index (κ3) is 3.07. The molecule has 2 rings (SSSR count). The summed E-state index contributed by atoms with van der Waals surface area (Å²) in [4.78, 5) is 0.355. The van der Waals surface area contributed by atoms with Crippen molar-refractivity contribution in [3.8, 4) is 6.07 Å². The van der Waals surface area contributed by atoms with Crippen LogP contribution in [0.5, 0.6) is 0 Å². The van der Waals surface area contributed by atoms with Crippen LogP contribution in [0.25, 0.3) is 0 Å². The zero-order valence-corrected chi connectivity index (χ0v) is 12.2. The summed E-state index contributed by atoms with van der Waals surface area (Å²) in [5.74, 6) is 0. The molecule has 0 aliphatic heterocycles. The zero-order valence-electron chi connectivity index (χ0n) is 9.84. The van der Waals surface area contributed by atoms with Crippen molar-refractivity contribution >= 4 is 38.6 Å². The fourth-order valence-electron chi connectivity index (χ4n) is 1.46. The maximum atomic E-state index is 12.1. The monoisotopic (exact) mass is 312 g/mol. The molecule has 1 aromatic heterocycles. The molecular weight excluding hydrogens is 304 g/mol. The second-order valence-electron chi connectivity index (χ2n) is 3.80. The Bertz CT molecular complexity index is 760. The molecule has 0 saturated heterocycles. The quantitative estimate of drug-likeness (QED) is 0.944. The van der Waals surface area contributed by atoms with Crippen molar-refractivity contribution in [1.29, 1.82) is 5.26 Å². The van der Waals surface area contributed by atoms with E-state index in [4.69, 9.17) is 16.9 Å². The average molecular weight is 313 g/mol. The molecule has 7 heteroatoms. The van der Waals surface area contributed by atoms with Gasteiger partial charge in [-0.25, -0.2) is 8.42 Å². The van der Waals surface area contributed by atoms with Crippen molar-refractivity contribution < 1.29 is 8.42 Å². The van der Waals surface area contributed by atoms with Crippen molar-refractivity contribution in [1.82, 2.24) is 0 Å². The van der Waals surface area contributed by atoms with Gasteiger partial charge >= 0.3 is 0 Å². The number of aryl methyl sites for hydroxylation is 1. The van der Waals surface area contributed by atoms with Crippen molar-refractivity contribution in [3.05, 3.63) is 45.8 Å². The molecule has 2 aromatic rings. The van der Waals surface area contributed by atoms with Crippen molar-refractivity contribution in [2.24, 2.45) is 0 Å². The summed E-state index contributed by atoms with van der Waals surface area (Å²) in [6, 6.07) is 9.70. The Morgan fingerprint density at radius 1 is 1.32 bits per heavy atom. The lowest BCUT2D eigenvalue weighted by atomic mass is 10.2. The Kier molecular flexibility index (Phi) is 3.80. The lowest BCUT2D eigenvalue weighted by molar-refractivity contribution is 0.603. The third-order valence-electron chi connectivity index (χ3n) is 2.39. The first kappa shape index (κ1) is 13.9. The van der Waals surface area contributed by atoms with E-state index in [0.717, 1.165) is 16.9 Å². The standard InChI is InChI=1S/C12H9ClN2O2S2/c1-8-6-9(13)2-4-11(8)15-19(16,17)12-5-3-10(7-14)18-12/h2-6,15H,1H3. The van der Waals surface area contributed by atoms with Gasteiger partial charge in [-0.2, -0.15) is 5.26 Å². The van der Waals surface area contributed by atoms with Gasteiger partial charge in [-0.05, 0) is 42.8 Å². The summed E-state index contributed by atoms with van der Waals surface area (Å²) in [5.41, 5.74) is 1.20. The minimum absolute atomic E-state index is 0.110. The molecule has 0 saturated carbocycles. The Morgan fingerprint density at radius 3 is 2.63 bits per heavy atom. The summed E-state index contributed by atoms with van der Waals surface area (Å²) in [5, 5.41) is 9.26. The smallest absolute Gasteiger partial charge is 0.271 e. The molecule has 0 atom stereocenters. The first-order valence-corrected chi connectivity index (χ1v) is 7.89. The third-order valence-corrected chi connectivity index (χ3v) is 5.47. The van der Waals surface area contributed by atoms with Crippen LogP contribution in [0.3, 0.4) is 0 Å². The number of nitriles is 1. The Morgan fingerprint density at radius 2 is 2.05 bits per heavy atom. The molecule has 0 unspecified atom stereocenters. The number of benzene rings is 1. The number of anilines is 1. The van der Waals surface area contributed by atoms with Crippen LogP contribution in [0.4, 0.5) is 5.69 Å². The first-order chi connectivity index (χ1) is 8.92. The van der Waals surface area contributed by atoms with Crippen molar-refractivity contribution in [2.75, 3.05) is 4.72 Å². The molecule has 0 aliphatic carbocycles. The molecular formula is C12H9ClN2O2S2. The normalized spacial score (nSPS) is 11.0. The predicted molar refractivity (Wildman–Crippen MR) is 76.0 cm³/mol. The zero-order chi connectivity index (χ0) is 14.0. The molecule has 0 radical (unpaired) electrons. The largest absolute Gasteiger partial charge is 0.279 e. The second kappa shape index (κ2) is 5.21. The van der Waals surface area contributed by atoms with Crippen LogP contribution in [0.1, 0.15) is 10.4 Å². The second-order valence-corrected chi connectivity index (χ2v) is 7.22. The van der Waals surface area contributed by atoms with Gasteiger partial charge in [0.1, 0.15) is 15.2 Å². The predicted octanol–water partition coefficient (Wildman–Crippen LogP) is 3.38. The van der Waals surface area contributed by atoms with Gasteiger partial charge in [0.2, 0.25) is 0 Å². The van der Waals surface area contributed by atoms with Crippen LogP contribution in [0, 0.1) is 18.3 Å². The molecule has 0 spiro atoms. The fraction of sp³-hybridized carbons (Fsp3) is 0.0833. The van der Waals surface area contributed by atoms with Gasteiger partial charge in [0.25, 0.3) is 10.0 Å². The van der Waals surface area contributed by atoms with Gasteiger partial charge in [0, 0.05) is 5.02 Å². The molecule has 98 valence electrons. The van der Waals surface area contributed by atoms with E-state index < -0.39 is 10.0 Å². The van der Waals surface area contributed by atoms with E-state index in [-0.39, 0.29) is 4.21 Å². The first-order valence-electron chi connectivity index (χ1n) is 5.21.